The summed E-state index contributed by atoms with van der Waals surface area (Å²) in [5, 5.41) is 8.36. The average Bonchev–Trinajstić information content (AvgIpc) is 3.25. The monoisotopic (exact) mass is 485 g/mol. The van der Waals surface area contributed by atoms with E-state index in [9.17, 15) is 9.59 Å². The second kappa shape index (κ2) is 10.5. The minimum Gasteiger partial charge on any atom is -0.495 e. The molecule has 2 heterocycles. The summed E-state index contributed by atoms with van der Waals surface area (Å²) in [4.78, 5) is 33.5. The molecule has 1 saturated heterocycles. The van der Waals surface area contributed by atoms with Gasteiger partial charge in [-0.15, -0.1) is 11.3 Å². The summed E-state index contributed by atoms with van der Waals surface area (Å²) in [5.41, 5.74) is 2.26. The lowest BCUT2D eigenvalue weighted by Crippen LogP contribution is -2.49. The molecule has 1 aliphatic heterocycles. The molecule has 172 valence electrons. The Bertz CT molecular complexity index is 1130. The number of rotatable bonds is 6. The number of hydrogen-bond acceptors (Lipinski definition) is 6. The quantitative estimate of drug-likeness (QED) is 0.542. The number of piperazine rings is 1. The number of para-hydroxylation sites is 2. The summed E-state index contributed by atoms with van der Waals surface area (Å²) in [6, 6.07) is 14.5. The fourth-order valence-electron chi connectivity index (χ4n) is 3.60. The summed E-state index contributed by atoms with van der Waals surface area (Å²) in [5.74, 6) is 0.588. The Morgan fingerprint density at radius 1 is 1.09 bits per heavy atom. The summed E-state index contributed by atoms with van der Waals surface area (Å²) >= 11 is 7.37. The minimum absolute atomic E-state index is 0.0241. The third-order valence-corrected chi connectivity index (χ3v) is 6.31. The van der Waals surface area contributed by atoms with Crippen molar-refractivity contribution in [2.45, 2.75) is 6.42 Å². The van der Waals surface area contributed by atoms with Crippen LogP contribution in [0.15, 0.2) is 53.9 Å². The average molecular weight is 486 g/mol. The van der Waals surface area contributed by atoms with Crippen molar-refractivity contribution >= 4 is 51.4 Å². The van der Waals surface area contributed by atoms with Gasteiger partial charge in [-0.1, -0.05) is 29.8 Å². The van der Waals surface area contributed by atoms with Crippen molar-refractivity contribution in [2.24, 2.45) is 0 Å². The van der Waals surface area contributed by atoms with Crippen LogP contribution >= 0.6 is 22.9 Å². The highest BCUT2D eigenvalue weighted by atomic mass is 35.5. The van der Waals surface area contributed by atoms with E-state index >= 15 is 0 Å². The Balaban J connectivity index is 1.27. The van der Waals surface area contributed by atoms with Crippen molar-refractivity contribution in [3.05, 3.63) is 64.6 Å². The molecule has 8 nitrogen and oxygen atoms in total. The fraction of sp³-hybridized carbons (Fsp3) is 0.261. The minimum atomic E-state index is -0.427. The first-order valence-electron chi connectivity index (χ1n) is 10.5. The molecule has 0 atom stereocenters. The Morgan fingerprint density at radius 2 is 1.88 bits per heavy atom. The third-order valence-electron chi connectivity index (χ3n) is 5.27. The van der Waals surface area contributed by atoms with Crippen LogP contribution in [0.2, 0.25) is 5.02 Å². The number of benzene rings is 2. The van der Waals surface area contributed by atoms with Crippen molar-refractivity contribution in [3.63, 3.8) is 0 Å². The first kappa shape index (κ1) is 22.9. The van der Waals surface area contributed by atoms with Gasteiger partial charge in [0.05, 0.1) is 24.9 Å². The number of thiazole rings is 1. The van der Waals surface area contributed by atoms with Gasteiger partial charge < -0.3 is 19.9 Å². The van der Waals surface area contributed by atoms with Crippen molar-refractivity contribution in [1.82, 2.24) is 9.88 Å². The highest BCUT2D eigenvalue weighted by molar-refractivity contribution is 7.14. The molecule has 3 aromatic rings. The number of carbonyl (C=O) groups excluding carboxylic acids is 2. The molecule has 0 unspecified atom stereocenters. The lowest BCUT2D eigenvalue weighted by atomic mass is 10.2. The number of nitrogens with one attached hydrogen (secondary N) is 2. The van der Waals surface area contributed by atoms with Crippen LogP contribution in [0.3, 0.4) is 0 Å². The zero-order chi connectivity index (χ0) is 23.2. The van der Waals surface area contributed by atoms with Crippen LogP contribution in [-0.4, -0.2) is 55.1 Å². The molecule has 0 aliphatic carbocycles. The normalized spacial score (nSPS) is 13.5. The highest BCUT2D eigenvalue weighted by Crippen LogP contribution is 2.24. The molecule has 3 amide bonds. The van der Waals surface area contributed by atoms with Crippen LogP contribution in [0.5, 0.6) is 5.75 Å². The van der Waals surface area contributed by atoms with Gasteiger partial charge in [0, 0.05) is 42.3 Å². The lowest BCUT2D eigenvalue weighted by Gasteiger charge is -2.36. The Hall–Kier alpha value is -3.30. The van der Waals surface area contributed by atoms with Crippen LogP contribution in [0.1, 0.15) is 5.69 Å². The number of nitrogens with zero attached hydrogens (tertiary/aromatic N) is 3. The number of ether oxygens (including phenoxy) is 1. The second-order valence-corrected chi connectivity index (χ2v) is 8.74. The van der Waals surface area contributed by atoms with Crippen LogP contribution in [0, 0.1) is 0 Å². The molecular weight excluding hydrogens is 462 g/mol. The van der Waals surface area contributed by atoms with E-state index in [0.717, 1.165) is 18.8 Å². The molecule has 0 bridgehead atoms. The number of carbonyl (C=O) groups is 2. The topological polar surface area (TPSA) is 86.8 Å². The predicted molar refractivity (Wildman–Crippen MR) is 132 cm³/mol. The molecule has 1 aliphatic rings. The van der Waals surface area contributed by atoms with Gasteiger partial charge in [-0.2, -0.15) is 0 Å². The summed E-state index contributed by atoms with van der Waals surface area (Å²) < 4.78 is 5.23. The maximum Gasteiger partial charge on any atom is 0.325 e. The van der Waals surface area contributed by atoms with E-state index in [-0.39, 0.29) is 12.3 Å². The summed E-state index contributed by atoms with van der Waals surface area (Å²) in [7, 11) is 1.54. The van der Waals surface area contributed by atoms with Crippen molar-refractivity contribution in [1.29, 1.82) is 0 Å². The van der Waals surface area contributed by atoms with Gasteiger partial charge in [0.1, 0.15) is 5.75 Å². The molecule has 10 heteroatoms. The SMILES string of the molecule is COc1ccccc1NC(=O)Nc1nc(CC(=O)N2CCN(c3cccc(Cl)c3)CC2)cs1. The lowest BCUT2D eigenvalue weighted by molar-refractivity contribution is -0.130. The van der Waals surface area contributed by atoms with E-state index in [1.807, 2.05) is 35.2 Å². The number of hydrogen-bond donors (Lipinski definition) is 2. The van der Waals surface area contributed by atoms with Crippen molar-refractivity contribution in [2.75, 3.05) is 48.8 Å². The Kier molecular flexibility index (Phi) is 7.31. The van der Waals surface area contributed by atoms with E-state index in [2.05, 4.69) is 20.5 Å². The van der Waals surface area contributed by atoms with E-state index in [1.165, 1.54) is 11.3 Å². The summed E-state index contributed by atoms with van der Waals surface area (Å²) in [6.45, 7) is 2.78. The standard InChI is InChI=1S/C23H24ClN5O3S/c1-32-20-8-3-2-7-19(20)26-22(31)27-23-25-17(15-33-23)14-21(30)29-11-9-28(10-12-29)18-6-4-5-16(24)13-18/h2-8,13,15H,9-12,14H2,1H3,(H2,25,26,27,31). The first-order chi connectivity index (χ1) is 16.0. The summed E-state index contributed by atoms with van der Waals surface area (Å²) in [6.07, 6.45) is 0.198. The van der Waals surface area contributed by atoms with Gasteiger partial charge in [0.25, 0.3) is 0 Å². The van der Waals surface area contributed by atoms with E-state index in [0.29, 0.717) is 40.4 Å². The zero-order valence-corrected chi connectivity index (χ0v) is 19.7. The maximum absolute atomic E-state index is 12.7. The molecule has 33 heavy (non-hydrogen) atoms. The van der Waals surface area contributed by atoms with Crippen LogP contribution in [-0.2, 0) is 11.2 Å². The zero-order valence-electron chi connectivity index (χ0n) is 18.1. The van der Waals surface area contributed by atoms with E-state index in [4.69, 9.17) is 16.3 Å². The number of methoxy groups -OCH3 is 1. The number of amides is 3. The fourth-order valence-corrected chi connectivity index (χ4v) is 4.49. The highest BCUT2D eigenvalue weighted by Gasteiger charge is 2.22. The largest absolute Gasteiger partial charge is 0.495 e. The Labute approximate surface area is 201 Å². The molecule has 0 spiro atoms. The van der Waals surface area contributed by atoms with Gasteiger partial charge in [0.15, 0.2) is 5.13 Å². The van der Waals surface area contributed by atoms with E-state index < -0.39 is 6.03 Å². The van der Waals surface area contributed by atoms with Gasteiger partial charge in [0.2, 0.25) is 5.91 Å². The molecule has 2 N–H and O–H groups in total. The van der Waals surface area contributed by atoms with Crippen LogP contribution in [0.4, 0.5) is 21.3 Å². The molecule has 1 fully saturated rings. The number of halogens is 1. The molecule has 0 saturated carbocycles. The smallest absolute Gasteiger partial charge is 0.325 e. The molecule has 0 radical (unpaired) electrons. The van der Waals surface area contributed by atoms with Gasteiger partial charge in [-0.3, -0.25) is 10.1 Å². The number of anilines is 3. The number of urea groups is 1. The van der Waals surface area contributed by atoms with Gasteiger partial charge in [-0.05, 0) is 30.3 Å². The molecule has 4 rings (SSSR count). The Morgan fingerprint density at radius 3 is 2.64 bits per heavy atom. The van der Waals surface area contributed by atoms with Crippen LogP contribution in [0.25, 0.3) is 0 Å². The van der Waals surface area contributed by atoms with Crippen molar-refractivity contribution in [3.8, 4) is 5.75 Å². The van der Waals surface area contributed by atoms with Gasteiger partial charge >= 0.3 is 6.03 Å². The second-order valence-electron chi connectivity index (χ2n) is 7.45. The first-order valence-corrected chi connectivity index (χ1v) is 11.7. The van der Waals surface area contributed by atoms with Crippen LogP contribution < -0.4 is 20.3 Å². The van der Waals surface area contributed by atoms with Crippen molar-refractivity contribution < 1.29 is 14.3 Å². The maximum atomic E-state index is 12.7. The van der Waals surface area contributed by atoms with E-state index in [1.54, 1.807) is 30.7 Å². The predicted octanol–water partition coefficient (Wildman–Crippen LogP) is 4.34. The number of aromatic nitrogens is 1. The molecule has 1 aromatic heterocycles. The molecule has 2 aromatic carbocycles. The van der Waals surface area contributed by atoms with Gasteiger partial charge in [-0.25, -0.2) is 9.78 Å². The third kappa shape index (κ3) is 5.94. The molecular formula is C23H24ClN5O3S.